The number of fused-ring (bicyclic) bond motifs is 4. The molecule has 0 aliphatic heterocycles. The number of para-hydroxylation sites is 2. The summed E-state index contributed by atoms with van der Waals surface area (Å²) in [5.74, 6) is 0.434. The summed E-state index contributed by atoms with van der Waals surface area (Å²) in [6.07, 6.45) is 0. The van der Waals surface area contributed by atoms with Gasteiger partial charge < -0.3 is 4.42 Å². The van der Waals surface area contributed by atoms with Crippen molar-refractivity contribution in [1.29, 1.82) is 0 Å². The number of nitrogens with zero attached hydrogens (tertiary/aromatic N) is 2. The van der Waals surface area contributed by atoms with Crippen LogP contribution in [-0.4, -0.2) is 9.55 Å². The second-order valence-corrected chi connectivity index (χ2v) is 7.57. The fraction of sp³-hybridized carbons (Fsp3) is 0. The van der Waals surface area contributed by atoms with Crippen LogP contribution in [0.15, 0.2) is 111 Å². The van der Waals surface area contributed by atoms with E-state index in [1.54, 1.807) is 30.3 Å². The average molecular weight is 416 g/mol. The fourth-order valence-corrected chi connectivity index (χ4v) is 4.15. The largest absolute Gasteiger partial charge is 0.436 e. The van der Waals surface area contributed by atoms with Gasteiger partial charge in [0.25, 0.3) is 11.1 Å². The van der Waals surface area contributed by atoms with Crippen molar-refractivity contribution in [3.63, 3.8) is 0 Å². The molecule has 0 atom stereocenters. The van der Waals surface area contributed by atoms with Crippen LogP contribution < -0.4 is 11.1 Å². The monoisotopic (exact) mass is 416 g/mol. The zero-order valence-electron chi connectivity index (χ0n) is 16.9. The highest BCUT2D eigenvalue weighted by atomic mass is 16.3. The van der Waals surface area contributed by atoms with Crippen LogP contribution in [0.4, 0.5) is 0 Å². The molecule has 5 nitrogen and oxygen atoms in total. The number of aromatic nitrogens is 2. The molecule has 0 spiro atoms. The Bertz CT molecular complexity index is 1670. The number of hydrogen-bond donors (Lipinski definition) is 0. The van der Waals surface area contributed by atoms with Gasteiger partial charge in [0.05, 0.1) is 5.69 Å². The van der Waals surface area contributed by atoms with E-state index in [0.29, 0.717) is 33.5 Å². The molecule has 4 aromatic carbocycles. The number of rotatable bonds is 2. The standard InChI is InChI=1S/C27H16N2O3/c30-26-21-12-3-1-10-19(21)20-11-2-4-13-22(20)27(31)29(26)18-9-7-8-17(16-18)25-28-23-14-5-6-15-24(23)32-25/h1-16H. The van der Waals surface area contributed by atoms with Crippen molar-refractivity contribution in [2.24, 2.45) is 0 Å². The highest BCUT2D eigenvalue weighted by Crippen LogP contribution is 2.26. The summed E-state index contributed by atoms with van der Waals surface area (Å²) in [6.45, 7) is 0. The maximum absolute atomic E-state index is 13.6. The van der Waals surface area contributed by atoms with Crippen LogP contribution >= 0.6 is 0 Å². The molecule has 0 aliphatic rings. The minimum Gasteiger partial charge on any atom is -0.436 e. The first kappa shape index (κ1) is 18.3. The van der Waals surface area contributed by atoms with Gasteiger partial charge in [-0.15, -0.1) is 0 Å². The Morgan fingerprint density at radius 1 is 0.625 bits per heavy atom. The predicted molar refractivity (Wildman–Crippen MR) is 126 cm³/mol. The van der Waals surface area contributed by atoms with E-state index < -0.39 is 0 Å². The third-order valence-corrected chi connectivity index (χ3v) is 5.66. The molecular weight excluding hydrogens is 400 g/mol. The van der Waals surface area contributed by atoms with Crippen LogP contribution in [0.25, 0.3) is 49.8 Å². The van der Waals surface area contributed by atoms with Crippen molar-refractivity contribution >= 4 is 32.6 Å². The summed E-state index contributed by atoms with van der Waals surface area (Å²) in [5, 5.41) is 2.47. The summed E-state index contributed by atoms with van der Waals surface area (Å²) in [7, 11) is 0. The molecule has 0 aliphatic carbocycles. The molecule has 6 rings (SSSR count). The lowest BCUT2D eigenvalue weighted by Crippen LogP contribution is -2.28. The van der Waals surface area contributed by atoms with Gasteiger partial charge >= 0.3 is 0 Å². The van der Waals surface area contributed by atoms with E-state index in [4.69, 9.17) is 4.42 Å². The zero-order chi connectivity index (χ0) is 21.7. The molecule has 0 saturated carbocycles. The second-order valence-electron chi connectivity index (χ2n) is 7.57. The van der Waals surface area contributed by atoms with Gasteiger partial charge in [-0.25, -0.2) is 9.55 Å². The molecule has 5 heteroatoms. The van der Waals surface area contributed by atoms with Crippen LogP contribution in [0.1, 0.15) is 0 Å². The maximum Gasteiger partial charge on any atom is 0.265 e. The molecule has 0 radical (unpaired) electrons. The van der Waals surface area contributed by atoms with Crippen LogP contribution in [0.3, 0.4) is 0 Å². The van der Waals surface area contributed by atoms with Gasteiger partial charge in [-0.05, 0) is 53.2 Å². The van der Waals surface area contributed by atoms with Crippen LogP contribution in [0, 0.1) is 0 Å². The van der Waals surface area contributed by atoms with Crippen molar-refractivity contribution in [2.75, 3.05) is 0 Å². The van der Waals surface area contributed by atoms with Gasteiger partial charge in [-0.3, -0.25) is 9.59 Å². The quantitative estimate of drug-likeness (QED) is 0.384. The Balaban J connectivity index is 1.68. The summed E-state index contributed by atoms with van der Waals surface area (Å²) in [4.78, 5) is 31.7. The molecule has 2 aromatic heterocycles. The maximum atomic E-state index is 13.6. The fourth-order valence-electron chi connectivity index (χ4n) is 4.15. The molecular formula is C27H16N2O3. The van der Waals surface area contributed by atoms with E-state index in [2.05, 4.69) is 4.98 Å². The Hall–Kier alpha value is -4.51. The van der Waals surface area contributed by atoms with Crippen molar-refractivity contribution in [2.45, 2.75) is 0 Å². The zero-order valence-corrected chi connectivity index (χ0v) is 16.9. The first-order chi connectivity index (χ1) is 15.7. The lowest BCUT2D eigenvalue weighted by Gasteiger charge is -2.04. The van der Waals surface area contributed by atoms with Crippen LogP contribution in [0.2, 0.25) is 0 Å². The van der Waals surface area contributed by atoms with Gasteiger partial charge in [0, 0.05) is 16.3 Å². The summed E-state index contributed by atoms with van der Waals surface area (Å²) < 4.78 is 7.12. The highest BCUT2D eigenvalue weighted by Gasteiger charge is 2.14. The molecule has 0 fully saturated rings. The minimum absolute atomic E-state index is 0.364. The summed E-state index contributed by atoms with van der Waals surface area (Å²) >= 11 is 0. The van der Waals surface area contributed by atoms with Crippen LogP contribution in [0.5, 0.6) is 0 Å². The summed E-state index contributed by atoms with van der Waals surface area (Å²) in [6, 6.07) is 29.3. The van der Waals surface area contributed by atoms with Gasteiger partial charge in [0.2, 0.25) is 5.89 Å². The molecule has 6 aromatic rings. The third-order valence-electron chi connectivity index (χ3n) is 5.66. The number of hydrogen-bond acceptors (Lipinski definition) is 4. The van der Waals surface area contributed by atoms with E-state index in [1.165, 1.54) is 4.57 Å². The van der Waals surface area contributed by atoms with E-state index in [0.717, 1.165) is 16.3 Å². The van der Waals surface area contributed by atoms with E-state index in [-0.39, 0.29) is 11.1 Å². The Kier molecular flexibility index (Phi) is 4.01. The molecule has 0 bridgehead atoms. The molecule has 2 heterocycles. The molecule has 0 unspecified atom stereocenters. The first-order valence-electron chi connectivity index (χ1n) is 10.2. The highest BCUT2D eigenvalue weighted by molar-refractivity contribution is 6.05. The smallest absolute Gasteiger partial charge is 0.265 e. The lowest BCUT2D eigenvalue weighted by molar-refractivity contribution is 0.620. The number of oxazole rings is 1. The van der Waals surface area contributed by atoms with E-state index in [1.807, 2.05) is 66.7 Å². The summed E-state index contributed by atoms with van der Waals surface area (Å²) in [5.41, 5.74) is 1.85. The minimum atomic E-state index is -0.364. The van der Waals surface area contributed by atoms with E-state index in [9.17, 15) is 9.59 Å². The van der Waals surface area contributed by atoms with Crippen molar-refractivity contribution in [1.82, 2.24) is 9.55 Å². The van der Waals surface area contributed by atoms with Crippen molar-refractivity contribution in [3.8, 4) is 17.1 Å². The van der Waals surface area contributed by atoms with Crippen LogP contribution in [-0.2, 0) is 0 Å². The Labute approximate surface area is 181 Å². The lowest BCUT2D eigenvalue weighted by atomic mass is 10.1. The average Bonchev–Trinajstić information content (AvgIpc) is 3.25. The molecule has 0 amide bonds. The Morgan fingerprint density at radius 3 is 1.88 bits per heavy atom. The third kappa shape index (κ3) is 2.76. The topological polar surface area (TPSA) is 65.1 Å². The molecule has 152 valence electrons. The number of benzene rings is 4. The first-order valence-corrected chi connectivity index (χ1v) is 10.2. The van der Waals surface area contributed by atoms with Gasteiger partial charge in [0.1, 0.15) is 5.52 Å². The van der Waals surface area contributed by atoms with E-state index >= 15 is 0 Å². The molecule has 32 heavy (non-hydrogen) atoms. The second kappa shape index (κ2) is 7.03. The Morgan fingerprint density at radius 2 is 1.22 bits per heavy atom. The van der Waals surface area contributed by atoms with Crippen molar-refractivity contribution in [3.05, 3.63) is 118 Å². The van der Waals surface area contributed by atoms with Gasteiger partial charge in [-0.2, -0.15) is 0 Å². The SMILES string of the molecule is O=c1c2ccccc2c2ccccc2c(=O)n1-c1cccc(-c2nc3ccccc3o2)c1. The normalized spacial score (nSPS) is 11.4. The predicted octanol–water partition coefficient (Wildman–Crippen LogP) is 5.31. The van der Waals surface area contributed by atoms with Gasteiger partial charge in [0.15, 0.2) is 5.58 Å². The molecule has 0 N–H and O–H groups in total. The van der Waals surface area contributed by atoms with Gasteiger partial charge in [-0.1, -0.05) is 54.6 Å². The molecule has 0 saturated heterocycles. The van der Waals surface area contributed by atoms with Crippen molar-refractivity contribution < 1.29 is 4.42 Å².